The van der Waals surface area contributed by atoms with Crippen LogP contribution >= 0.6 is 11.8 Å². The third kappa shape index (κ3) is 3.07. The number of amides is 1. The van der Waals surface area contributed by atoms with E-state index in [-0.39, 0.29) is 5.91 Å². The normalized spacial score (nSPS) is 10.6. The van der Waals surface area contributed by atoms with Gasteiger partial charge in [-0.05, 0) is 24.0 Å². The molecule has 0 aliphatic rings. The van der Waals surface area contributed by atoms with Crippen molar-refractivity contribution in [2.75, 3.05) is 25.6 Å². The number of hydrogen-bond acceptors (Lipinski definition) is 2. The van der Waals surface area contributed by atoms with Crippen molar-refractivity contribution in [3.63, 3.8) is 0 Å². The highest BCUT2D eigenvalue weighted by Gasteiger charge is 2.16. The van der Waals surface area contributed by atoms with E-state index in [1.807, 2.05) is 55.3 Å². The van der Waals surface area contributed by atoms with Crippen LogP contribution in [0.3, 0.4) is 0 Å². The van der Waals surface area contributed by atoms with E-state index in [2.05, 4.69) is 12.1 Å². The maximum atomic E-state index is 12.4. The summed E-state index contributed by atoms with van der Waals surface area (Å²) in [5.74, 6) is 1.03. The van der Waals surface area contributed by atoms with Crippen LogP contribution in [0.1, 0.15) is 10.5 Å². The Morgan fingerprint density at radius 1 is 1.20 bits per heavy atom. The molecule has 1 amide bonds. The van der Waals surface area contributed by atoms with Gasteiger partial charge in [-0.25, -0.2) is 0 Å². The van der Waals surface area contributed by atoms with Gasteiger partial charge >= 0.3 is 0 Å². The number of benzene rings is 1. The molecule has 0 saturated carbocycles. The molecule has 0 N–H and O–H groups in total. The molecule has 1 aromatic carbocycles. The van der Waals surface area contributed by atoms with Crippen LogP contribution < -0.4 is 0 Å². The minimum atomic E-state index is 0.0729. The summed E-state index contributed by atoms with van der Waals surface area (Å²) in [6.07, 6.45) is 2.05. The molecule has 0 aliphatic heterocycles. The molecule has 0 radical (unpaired) electrons. The van der Waals surface area contributed by atoms with Crippen molar-refractivity contribution in [1.82, 2.24) is 9.47 Å². The summed E-state index contributed by atoms with van der Waals surface area (Å²) in [6.45, 7) is 0.770. The first-order valence-electron chi connectivity index (χ1n) is 6.60. The quantitative estimate of drug-likeness (QED) is 0.844. The highest BCUT2D eigenvalue weighted by atomic mass is 32.2. The molecule has 0 aliphatic carbocycles. The summed E-state index contributed by atoms with van der Waals surface area (Å²) in [4.78, 5) is 14.2. The van der Waals surface area contributed by atoms with E-state index < -0.39 is 0 Å². The highest BCUT2D eigenvalue weighted by molar-refractivity contribution is 7.98. The van der Waals surface area contributed by atoms with Gasteiger partial charge in [0.2, 0.25) is 0 Å². The Labute approximate surface area is 124 Å². The van der Waals surface area contributed by atoms with Crippen molar-refractivity contribution in [3.05, 3.63) is 48.2 Å². The molecule has 1 aromatic heterocycles. The second kappa shape index (κ2) is 6.66. The van der Waals surface area contributed by atoms with Crippen molar-refractivity contribution < 1.29 is 4.79 Å². The highest BCUT2D eigenvalue weighted by Crippen LogP contribution is 2.21. The van der Waals surface area contributed by atoms with Crippen LogP contribution in [0, 0.1) is 0 Å². The number of aromatic nitrogens is 1. The second-order valence-electron chi connectivity index (χ2n) is 4.75. The zero-order chi connectivity index (χ0) is 14.5. The average molecular weight is 288 g/mol. The van der Waals surface area contributed by atoms with Crippen molar-refractivity contribution in [1.29, 1.82) is 0 Å². The van der Waals surface area contributed by atoms with E-state index in [1.165, 1.54) is 0 Å². The molecule has 0 atom stereocenters. The Balaban J connectivity index is 2.23. The van der Waals surface area contributed by atoms with Crippen molar-refractivity contribution in [3.8, 4) is 11.3 Å². The van der Waals surface area contributed by atoms with E-state index in [9.17, 15) is 4.79 Å². The van der Waals surface area contributed by atoms with Crippen molar-refractivity contribution >= 4 is 17.7 Å². The number of carbonyl (C=O) groups excluding carboxylic acids is 1. The minimum Gasteiger partial charge on any atom is -0.340 e. The second-order valence-corrected chi connectivity index (χ2v) is 5.73. The van der Waals surface area contributed by atoms with Crippen molar-refractivity contribution in [2.24, 2.45) is 7.05 Å². The maximum absolute atomic E-state index is 12.4. The Morgan fingerprint density at radius 3 is 2.55 bits per heavy atom. The van der Waals surface area contributed by atoms with Crippen LogP contribution in [0.15, 0.2) is 42.5 Å². The Morgan fingerprint density at radius 2 is 1.90 bits per heavy atom. The van der Waals surface area contributed by atoms with Gasteiger partial charge in [0.25, 0.3) is 5.91 Å². The molecule has 3 nitrogen and oxygen atoms in total. The van der Waals surface area contributed by atoms with Gasteiger partial charge in [0, 0.05) is 32.1 Å². The molecular formula is C16H20N2OS. The number of nitrogens with zero attached hydrogens (tertiary/aromatic N) is 2. The first kappa shape index (κ1) is 14.7. The van der Waals surface area contributed by atoms with E-state index in [4.69, 9.17) is 0 Å². The summed E-state index contributed by atoms with van der Waals surface area (Å²) >= 11 is 1.75. The SMILES string of the molecule is CSCCN(C)C(=O)c1ccc(-c2ccccc2)n1C. The van der Waals surface area contributed by atoms with E-state index >= 15 is 0 Å². The lowest BCUT2D eigenvalue weighted by Crippen LogP contribution is -2.30. The average Bonchev–Trinajstić information content (AvgIpc) is 2.86. The summed E-state index contributed by atoms with van der Waals surface area (Å²) in [7, 11) is 3.80. The van der Waals surface area contributed by atoms with E-state index in [0.29, 0.717) is 0 Å². The number of thioether (sulfide) groups is 1. The Bertz CT molecular complexity index is 577. The van der Waals surface area contributed by atoms with Gasteiger partial charge in [-0.1, -0.05) is 30.3 Å². The first-order valence-corrected chi connectivity index (χ1v) is 8.00. The van der Waals surface area contributed by atoms with Crippen molar-refractivity contribution in [2.45, 2.75) is 0 Å². The van der Waals surface area contributed by atoms with Crippen LogP contribution in [-0.2, 0) is 7.05 Å². The lowest BCUT2D eigenvalue weighted by molar-refractivity contribution is 0.0794. The smallest absolute Gasteiger partial charge is 0.270 e. The molecule has 0 spiro atoms. The van der Waals surface area contributed by atoms with Gasteiger partial charge in [-0.3, -0.25) is 4.79 Å². The summed E-state index contributed by atoms with van der Waals surface area (Å²) in [5, 5.41) is 0. The van der Waals surface area contributed by atoms with Crippen LogP contribution in [0.5, 0.6) is 0 Å². The number of rotatable bonds is 5. The maximum Gasteiger partial charge on any atom is 0.270 e. The molecule has 0 fully saturated rings. The zero-order valence-electron chi connectivity index (χ0n) is 12.2. The number of carbonyl (C=O) groups is 1. The van der Waals surface area contributed by atoms with Gasteiger partial charge in [0.05, 0.1) is 0 Å². The summed E-state index contributed by atoms with van der Waals surface area (Å²) in [6, 6.07) is 14.0. The fraction of sp³-hybridized carbons (Fsp3) is 0.312. The number of hydrogen-bond donors (Lipinski definition) is 0. The van der Waals surface area contributed by atoms with Crippen LogP contribution in [-0.4, -0.2) is 41.0 Å². The fourth-order valence-electron chi connectivity index (χ4n) is 2.15. The molecule has 1 heterocycles. The molecule has 0 saturated heterocycles. The lowest BCUT2D eigenvalue weighted by atomic mass is 10.2. The molecular weight excluding hydrogens is 268 g/mol. The summed E-state index contributed by atoms with van der Waals surface area (Å²) in [5.41, 5.74) is 2.92. The molecule has 106 valence electrons. The monoisotopic (exact) mass is 288 g/mol. The Hall–Kier alpha value is -1.68. The van der Waals surface area contributed by atoms with Gasteiger partial charge in [0.1, 0.15) is 5.69 Å². The van der Waals surface area contributed by atoms with Crippen LogP contribution in [0.4, 0.5) is 0 Å². The summed E-state index contributed by atoms with van der Waals surface area (Å²) < 4.78 is 1.97. The third-order valence-electron chi connectivity index (χ3n) is 3.39. The topological polar surface area (TPSA) is 25.2 Å². The molecule has 4 heteroatoms. The molecule has 0 unspecified atom stereocenters. The van der Waals surface area contributed by atoms with Crippen LogP contribution in [0.2, 0.25) is 0 Å². The molecule has 0 bridgehead atoms. The van der Waals surface area contributed by atoms with Gasteiger partial charge in [-0.2, -0.15) is 11.8 Å². The standard InChI is InChI=1S/C16H20N2OS/c1-17(11-12-20-3)16(19)15-10-9-14(18(15)2)13-7-5-4-6-8-13/h4-10H,11-12H2,1-3H3. The van der Waals surface area contributed by atoms with E-state index in [0.717, 1.165) is 29.2 Å². The first-order chi connectivity index (χ1) is 9.65. The lowest BCUT2D eigenvalue weighted by Gasteiger charge is -2.17. The van der Waals surface area contributed by atoms with Gasteiger partial charge in [-0.15, -0.1) is 0 Å². The predicted molar refractivity (Wildman–Crippen MR) is 86.2 cm³/mol. The van der Waals surface area contributed by atoms with Gasteiger partial charge in [0.15, 0.2) is 0 Å². The predicted octanol–water partition coefficient (Wildman–Crippen LogP) is 3.13. The fourth-order valence-corrected chi connectivity index (χ4v) is 2.61. The molecule has 2 aromatic rings. The molecule has 20 heavy (non-hydrogen) atoms. The zero-order valence-corrected chi connectivity index (χ0v) is 13.0. The largest absolute Gasteiger partial charge is 0.340 e. The van der Waals surface area contributed by atoms with Crippen LogP contribution in [0.25, 0.3) is 11.3 Å². The third-order valence-corrected chi connectivity index (χ3v) is 3.98. The Kier molecular flexibility index (Phi) is 4.90. The van der Waals surface area contributed by atoms with Gasteiger partial charge < -0.3 is 9.47 Å². The molecule has 2 rings (SSSR count). The van der Waals surface area contributed by atoms with E-state index in [1.54, 1.807) is 16.7 Å². The minimum absolute atomic E-state index is 0.0729.